The fraction of sp³-hybridized carbons (Fsp3) is 0.667. The second-order valence-corrected chi connectivity index (χ2v) is 13.6. The molecule has 1 aromatic carbocycles. The Morgan fingerprint density at radius 1 is 1.15 bits per heavy atom. The number of carbonyl (C=O) groups is 3. The topological polar surface area (TPSA) is 136 Å². The molecule has 1 aromatic rings. The molecule has 0 radical (unpaired) electrons. The van der Waals surface area contributed by atoms with Crippen molar-refractivity contribution in [2.45, 2.75) is 82.7 Å². The van der Waals surface area contributed by atoms with Crippen molar-refractivity contribution < 1.29 is 36.8 Å². The first-order valence-corrected chi connectivity index (χ1v) is 15.2. The van der Waals surface area contributed by atoms with Gasteiger partial charge >= 0.3 is 0 Å². The third-order valence-electron chi connectivity index (χ3n) is 7.70. The van der Waals surface area contributed by atoms with E-state index >= 15 is 0 Å². The number of likely N-dealkylation sites (tertiary alicyclic amines) is 1. The van der Waals surface area contributed by atoms with Gasteiger partial charge in [0.1, 0.15) is 22.6 Å². The van der Waals surface area contributed by atoms with Crippen LogP contribution in [0.3, 0.4) is 0 Å². The number of hydrogen-bond donors (Lipinski definition) is 3. The molecule has 224 valence electrons. The predicted octanol–water partition coefficient (Wildman–Crippen LogP) is 2.81. The minimum Gasteiger partial charge on any atom is -0.344 e. The monoisotopic (exact) mass is 586 g/mol. The van der Waals surface area contributed by atoms with Gasteiger partial charge in [-0.2, -0.15) is 0 Å². The Labute approximate surface area is 234 Å². The number of benzene rings is 1. The van der Waals surface area contributed by atoms with E-state index < -0.39 is 55.9 Å². The van der Waals surface area contributed by atoms with E-state index in [9.17, 15) is 36.8 Å². The van der Waals surface area contributed by atoms with Gasteiger partial charge in [0.05, 0.1) is 12.5 Å². The third-order valence-corrected chi connectivity index (χ3v) is 9.26. The van der Waals surface area contributed by atoms with Crippen LogP contribution in [0, 0.1) is 28.9 Å². The smallest absolute Gasteiger partial charge is 0.245 e. The highest BCUT2D eigenvalue weighted by Crippen LogP contribution is 2.31. The van der Waals surface area contributed by atoms with Crippen LogP contribution in [0.5, 0.6) is 0 Å². The lowest BCUT2D eigenvalue weighted by molar-refractivity contribution is -0.156. The van der Waals surface area contributed by atoms with Crippen LogP contribution < -0.4 is 10.0 Å². The summed E-state index contributed by atoms with van der Waals surface area (Å²) < 4.78 is 55.0. The van der Waals surface area contributed by atoms with E-state index in [1.165, 1.54) is 0 Å². The van der Waals surface area contributed by atoms with Gasteiger partial charge < -0.3 is 10.2 Å². The number of nitrogens with zero attached hydrogens (tertiary/aromatic N) is 2. The maximum atomic E-state index is 14.1. The number of hydrogen-bond acceptors (Lipinski definition) is 6. The summed E-state index contributed by atoms with van der Waals surface area (Å²) in [5.74, 6) is -3.17. The first-order chi connectivity index (χ1) is 18.7. The molecule has 2 atom stereocenters. The second kappa shape index (κ2) is 13.3. The number of halogens is 2. The average molecular weight is 587 g/mol. The lowest BCUT2D eigenvalue weighted by Crippen LogP contribution is -2.58. The van der Waals surface area contributed by atoms with Crippen molar-refractivity contribution >= 4 is 28.2 Å². The zero-order chi connectivity index (χ0) is 29.7. The minimum absolute atomic E-state index is 0.170. The van der Waals surface area contributed by atoms with Gasteiger partial charge in [-0.05, 0) is 42.7 Å². The Balaban J connectivity index is 1.64. The van der Waals surface area contributed by atoms with Gasteiger partial charge in [-0.25, -0.2) is 27.0 Å². The molecule has 40 heavy (non-hydrogen) atoms. The Kier molecular flexibility index (Phi) is 10.6. The van der Waals surface area contributed by atoms with Crippen molar-refractivity contribution in [3.63, 3.8) is 0 Å². The number of amides is 3. The van der Waals surface area contributed by atoms with Crippen molar-refractivity contribution in [3.8, 4) is 0 Å². The zero-order valence-electron chi connectivity index (χ0n) is 23.2. The Morgan fingerprint density at radius 3 is 2.33 bits per heavy atom. The molecular formula is C27H40F2N4O6S. The van der Waals surface area contributed by atoms with E-state index in [0.29, 0.717) is 23.5 Å². The van der Waals surface area contributed by atoms with E-state index in [1.807, 2.05) is 20.8 Å². The molecule has 2 fully saturated rings. The highest BCUT2D eigenvalue weighted by molar-refractivity contribution is 7.89. The fourth-order valence-electron chi connectivity index (χ4n) is 5.47. The number of hydroxylamine groups is 2. The van der Waals surface area contributed by atoms with Crippen LogP contribution in [0.15, 0.2) is 23.1 Å². The van der Waals surface area contributed by atoms with Crippen molar-refractivity contribution in [1.29, 1.82) is 0 Å². The highest BCUT2D eigenvalue weighted by Gasteiger charge is 2.39. The summed E-state index contributed by atoms with van der Waals surface area (Å²) in [4.78, 5) is 38.9. The largest absolute Gasteiger partial charge is 0.344 e. The predicted molar refractivity (Wildman–Crippen MR) is 142 cm³/mol. The van der Waals surface area contributed by atoms with E-state index in [0.717, 1.165) is 37.8 Å². The van der Waals surface area contributed by atoms with E-state index in [1.54, 1.807) is 4.90 Å². The summed E-state index contributed by atoms with van der Waals surface area (Å²) in [5, 5.41) is 13.1. The number of sulfonamides is 1. The van der Waals surface area contributed by atoms with Crippen molar-refractivity contribution in [1.82, 2.24) is 20.0 Å². The fourth-order valence-corrected chi connectivity index (χ4v) is 6.83. The van der Waals surface area contributed by atoms with Gasteiger partial charge in [0.15, 0.2) is 0 Å². The second-order valence-electron chi connectivity index (χ2n) is 11.9. The normalized spacial score (nSPS) is 18.8. The van der Waals surface area contributed by atoms with Gasteiger partial charge in [0.2, 0.25) is 28.2 Å². The molecule has 0 unspecified atom stereocenters. The molecule has 3 rings (SSSR count). The van der Waals surface area contributed by atoms with Crippen LogP contribution in [0.4, 0.5) is 8.78 Å². The van der Waals surface area contributed by atoms with Crippen LogP contribution in [0.25, 0.3) is 0 Å². The quantitative estimate of drug-likeness (QED) is 0.207. The molecule has 0 bridgehead atoms. The summed E-state index contributed by atoms with van der Waals surface area (Å²) in [5.41, 5.74) is -0.660. The van der Waals surface area contributed by atoms with Gasteiger partial charge in [-0.1, -0.05) is 46.5 Å². The van der Waals surface area contributed by atoms with Gasteiger partial charge in [0.25, 0.3) is 0 Å². The number of rotatable bonds is 11. The Hall–Kier alpha value is -2.64. The SMILES string of the molecule is CC(C)(C)[C@@H](NC(=O)[C@@H](CC1CCCC1)CN(O)C=O)C(=O)N1CCC(NS(=O)(=O)c2ccc(F)cc2F)CC1. The molecule has 1 saturated carbocycles. The van der Waals surface area contributed by atoms with Crippen molar-refractivity contribution in [2.24, 2.45) is 17.3 Å². The zero-order valence-corrected chi connectivity index (χ0v) is 24.1. The summed E-state index contributed by atoms with van der Waals surface area (Å²) in [6.07, 6.45) is 5.39. The summed E-state index contributed by atoms with van der Waals surface area (Å²) in [6.45, 7) is 5.72. The molecule has 0 aromatic heterocycles. The van der Waals surface area contributed by atoms with Crippen LogP contribution in [-0.2, 0) is 24.4 Å². The first kappa shape index (κ1) is 31.9. The molecule has 10 nitrogen and oxygen atoms in total. The number of carbonyl (C=O) groups excluding carboxylic acids is 3. The minimum atomic E-state index is -4.23. The first-order valence-electron chi connectivity index (χ1n) is 13.7. The van der Waals surface area contributed by atoms with E-state index in [2.05, 4.69) is 10.0 Å². The molecule has 13 heteroatoms. The maximum Gasteiger partial charge on any atom is 0.245 e. The average Bonchev–Trinajstić information content (AvgIpc) is 3.38. The Bertz CT molecular complexity index is 1160. The lowest BCUT2D eigenvalue weighted by atomic mass is 9.84. The summed E-state index contributed by atoms with van der Waals surface area (Å²) in [6, 6.07) is 0.793. The molecule has 0 spiro atoms. The molecule has 1 aliphatic heterocycles. The summed E-state index contributed by atoms with van der Waals surface area (Å²) >= 11 is 0. The van der Waals surface area contributed by atoms with Gasteiger partial charge in [-0.15, -0.1) is 0 Å². The van der Waals surface area contributed by atoms with E-state index in [4.69, 9.17) is 0 Å². The highest BCUT2D eigenvalue weighted by atomic mass is 32.2. The molecule has 2 aliphatic rings. The van der Waals surface area contributed by atoms with Crippen molar-refractivity contribution in [2.75, 3.05) is 19.6 Å². The molecule has 1 aliphatic carbocycles. The lowest BCUT2D eigenvalue weighted by Gasteiger charge is -2.39. The molecular weight excluding hydrogens is 546 g/mol. The van der Waals surface area contributed by atoms with Crippen LogP contribution >= 0.6 is 0 Å². The Morgan fingerprint density at radius 2 is 1.77 bits per heavy atom. The standard InChI is InChI=1S/C27H40F2N4O6S/c1-27(2,3)24(30-25(35)19(16-33(37)17-34)14-18-6-4-5-7-18)26(36)32-12-10-21(11-13-32)31-40(38,39)23-9-8-20(28)15-22(23)29/h8-9,15,17-19,21,24,31,37H,4-7,10-14,16H2,1-3H3,(H,30,35)/t19-,24-/m0/s1. The maximum absolute atomic E-state index is 14.1. The van der Waals surface area contributed by atoms with Crippen LogP contribution in [-0.4, -0.2) is 73.5 Å². The number of nitrogens with one attached hydrogen (secondary N) is 2. The third kappa shape index (κ3) is 8.43. The molecule has 1 saturated heterocycles. The summed E-state index contributed by atoms with van der Waals surface area (Å²) in [7, 11) is -4.23. The van der Waals surface area contributed by atoms with Crippen molar-refractivity contribution in [3.05, 3.63) is 29.8 Å². The van der Waals surface area contributed by atoms with Gasteiger partial charge in [-0.3, -0.25) is 19.6 Å². The number of piperidine rings is 1. The van der Waals surface area contributed by atoms with Crippen LogP contribution in [0.2, 0.25) is 0 Å². The molecule has 3 N–H and O–H groups in total. The molecule has 3 amide bonds. The van der Waals surface area contributed by atoms with Crippen LogP contribution in [0.1, 0.15) is 65.7 Å². The van der Waals surface area contributed by atoms with Gasteiger partial charge in [0, 0.05) is 25.2 Å². The van der Waals surface area contributed by atoms with E-state index in [-0.39, 0.29) is 44.8 Å². The molecule has 1 heterocycles.